The third kappa shape index (κ3) is 4.96. The van der Waals surface area contributed by atoms with Crippen molar-refractivity contribution < 1.29 is 14.3 Å². The molecule has 0 heterocycles. The molecule has 0 unspecified atom stereocenters. The fraction of sp³-hybridized carbons (Fsp3) is 0.211. The Balaban J connectivity index is 2.13. The van der Waals surface area contributed by atoms with Crippen LogP contribution in [0.4, 0.5) is 0 Å². The Kier molecular flexibility index (Phi) is 6.09. The summed E-state index contributed by atoms with van der Waals surface area (Å²) in [5.41, 5.74) is 1.31. The number of nitrogens with one attached hydrogen (secondary N) is 1. The summed E-state index contributed by atoms with van der Waals surface area (Å²) in [6.07, 6.45) is -0.868. The highest BCUT2D eigenvalue weighted by Crippen LogP contribution is 2.18. The van der Waals surface area contributed by atoms with E-state index in [0.717, 1.165) is 5.56 Å². The van der Waals surface area contributed by atoms with Crippen molar-refractivity contribution in [3.63, 3.8) is 0 Å². The Morgan fingerprint density at radius 1 is 1.08 bits per heavy atom. The lowest BCUT2D eigenvalue weighted by atomic mass is 10.0. The molecule has 2 aromatic carbocycles. The summed E-state index contributed by atoms with van der Waals surface area (Å²) in [5, 5.41) is 11.6. The Morgan fingerprint density at radius 2 is 1.67 bits per heavy atom. The molecule has 1 amide bonds. The number of hydrogen-bond donors (Lipinski definition) is 1. The number of ether oxygens (including phenoxy) is 1. The van der Waals surface area contributed by atoms with Crippen LogP contribution in [-0.4, -0.2) is 18.0 Å². The molecule has 2 atom stereocenters. The maximum atomic E-state index is 12.4. The van der Waals surface area contributed by atoms with Crippen molar-refractivity contribution in [3.05, 3.63) is 71.8 Å². The summed E-state index contributed by atoms with van der Waals surface area (Å²) < 4.78 is 4.99. The van der Waals surface area contributed by atoms with Gasteiger partial charge < -0.3 is 10.1 Å². The maximum absolute atomic E-state index is 12.4. The summed E-state index contributed by atoms with van der Waals surface area (Å²) in [6, 6.07) is 19.3. The van der Waals surface area contributed by atoms with Gasteiger partial charge >= 0.3 is 5.97 Å². The fourth-order valence-corrected chi connectivity index (χ4v) is 2.21. The largest absolute Gasteiger partial charge is 0.447 e. The molecule has 0 aliphatic rings. The van der Waals surface area contributed by atoms with Gasteiger partial charge in [0.05, 0.1) is 12.5 Å². The van der Waals surface area contributed by atoms with Crippen molar-refractivity contribution in [1.29, 1.82) is 5.26 Å². The summed E-state index contributed by atoms with van der Waals surface area (Å²) in [5.74, 6) is -0.808. The number of nitriles is 1. The minimum atomic E-state index is -0.821. The maximum Gasteiger partial charge on any atom is 0.309 e. The second-order valence-electron chi connectivity index (χ2n) is 5.27. The number of benzene rings is 2. The van der Waals surface area contributed by atoms with E-state index in [0.29, 0.717) is 5.56 Å². The zero-order chi connectivity index (χ0) is 17.4. The first-order valence-electron chi connectivity index (χ1n) is 7.60. The lowest BCUT2D eigenvalue weighted by Gasteiger charge is -2.19. The van der Waals surface area contributed by atoms with Crippen LogP contribution >= 0.6 is 0 Å². The van der Waals surface area contributed by atoms with Crippen molar-refractivity contribution in [2.45, 2.75) is 25.5 Å². The van der Waals surface area contributed by atoms with Crippen LogP contribution in [0.5, 0.6) is 0 Å². The Labute approximate surface area is 140 Å². The minimum Gasteiger partial charge on any atom is -0.447 e. The van der Waals surface area contributed by atoms with E-state index in [1.165, 1.54) is 6.92 Å². The number of esters is 1. The molecule has 5 nitrogen and oxygen atoms in total. The van der Waals surface area contributed by atoms with Crippen molar-refractivity contribution in [1.82, 2.24) is 5.32 Å². The van der Waals surface area contributed by atoms with Crippen molar-refractivity contribution in [2.24, 2.45) is 0 Å². The molecule has 0 aliphatic carbocycles. The van der Waals surface area contributed by atoms with E-state index in [9.17, 15) is 9.59 Å². The van der Waals surface area contributed by atoms with Gasteiger partial charge in [0.25, 0.3) is 5.91 Å². The van der Waals surface area contributed by atoms with Gasteiger partial charge in [0.15, 0.2) is 6.10 Å². The number of rotatable bonds is 6. The van der Waals surface area contributed by atoms with Gasteiger partial charge in [-0.25, -0.2) is 0 Å². The van der Waals surface area contributed by atoms with Gasteiger partial charge in [0.1, 0.15) is 6.07 Å². The summed E-state index contributed by atoms with van der Waals surface area (Å²) in [7, 11) is 0. The molecule has 0 aromatic heterocycles. The van der Waals surface area contributed by atoms with Crippen LogP contribution in [0, 0.1) is 11.3 Å². The van der Waals surface area contributed by atoms with Gasteiger partial charge in [-0.3, -0.25) is 9.59 Å². The van der Waals surface area contributed by atoms with Crippen LogP contribution in [0.1, 0.15) is 35.3 Å². The van der Waals surface area contributed by atoms with Gasteiger partial charge in [0, 0.05) is 5.56 Å². The molecule has 1 N–H and O–H groups in total. The molecule has 2 aromatic rings. The number of nitrogens with zero attached hydrogens (tertiary/aromatic N) is 1. The van der Waals surface area contributed by atoms with Crippen LogP contribution in [0.3, 0.4) is 0 Å². The van der Waals surface area contributed by atoms with Gasteiger partial charge in [-0.15, -0.1) is 0 Å². The number of hydrogen-bond acceptors (Lipinski definition) is 4. The van der Waals surface area contributed by atoms with E-state index in [2.05, 4.69) is 5.32 Å². The van der Waals surface area contributed by atoms with E-state index in [1.807, 2.05) is 42.5 Å². The normalized spacial score (nSPS) is 12.5. The SMILES string of the molecule is C[C@H](C#N)OC(=O)C[C@@H](NC(=O)c1ccccc1)c1ccccc1. The summed E-state index contributed by atoms with van der Waals surface area (Å²) in [6.45, 7) is 1.50. The van der Waals surface area contributed by atoms with Crippen LogP contribution < -0.4 is 5.32 Å². The highest BCUT2D eigenvalue weighted by molar-refractivity contribution is 5.94. The average molecular weight is 322 g/mol. The molecule has 0 radical (unpaired) electrons. The predicted octanol–water partition coefficient (Wildman–Crippen LogP) is 3.00. The minimum absolute atomic E-state index is 0.0470. The first-order chi connectivity index (χ1) is 11.6. The lowest BCUT2D eigenvalue weighted by Crippen LogP contribution is -2.31. The quantitative estimate of drug-likeness (QED) is 0.829. The van der Waals surface area contributed by atoms with E-state index in [4.69, 9.17) is 10.00 Å². The van der Waals surface area contributed by atoms with Crippen LogP contribution in [0.25, 0.3) is 0 Å². The van der Waals surface area contributed by atoms with Crippen LogP contribution in [-0.2, 0) is 9.53 Å². The molecule has 24 heavy (non-hydrogen) atoms. The Bertz CT molecular complexity index is 723. The lowest BCUT2D eigenvalue weighted by molar-refractivity contribution is -0.146. The van der Waals surface area contributed by atoms with E-state index in [-0.39, 0.29) is 12.3 Å². The molecule has 0 saturated carbocycles. The molecule has 2 rings (SSSR count). The zero-order valence-electron chi connectivity index (χ0n) is 13.3. The average Bonchev–Trinajstić information content (AvgIpc) is 2.62. The summed E-state index contributed by atoms with van der Waals surface area (Å²) >= 11 is 0. The third-order valence-corrected chi connectivity index (χ3v) is 3.40. The first kappa shape index (κ1) is 17.2. The smallest absolute Gasteiger partial charge is 0.309 e. The molecule has 122 valence electrons. The van der Waals surface area contributed by atoms with E-state index < -0.39 is 18.1 Å². The second kappa shape index (κ2) is 8.49. The standard InChI is InChI=1S/C19H18N2O3/c1-14(13-20)24-18(22)12-17(15-8-4-2-5-9-15)21-19(23)16-10-6-3-7-11-16/h2-11,14,17H,12H2,1H3,(H,21,23)/t14-,17-/m1/s1. The number of carbonyl (C=O) groups is 2. The topological polar surface area (TPSA) is 79.2 Å². The molecule has 0 spiro atoms. The van der Waals surface area contributed by atoms with Crippen molar-refractivity contribution in [2.75, 3.05) is 0 Å². The van der Waals surface area contributed by atoms with E-state index in [1.54, 1.807) is 24.3 Å². The zero-order valence-corrected chi connectivity index (χ0v) is 13.3. The van der Waals surface area contributed by atoms with Gasteiger partial charge in [-0.2, -0.15) is 5.26 Å². The van der Waals surface area contributed by atoms with Crippen molar-refractivity contribution in [3.8, 4) is 6.07 Å². The highest BCUT2D eigenvalue weighted by Gasteiger charge is 2.21. The molecule has 0 saturated heterocycles. The predicted molar refractivity (Wildman–Crippen MR) is 88.9 cm³/mol. The molecule has 0 fully saturated rings. The molecule has 0 bridgehead atoms. The van der Waals surface area contributed by atoms with Crippen LogP contribution in [0.2, 0.25) is 0 Å². The first-order valence-corrected chi connectivity index (χ1v) is 7.60. The van der Waals surface area contributed by atoms with E-state index >= 15 is 0 Å². The fourth-order valence-electron chi connectivity index (χ4n) is 2.21. The van der Waals surface area contributed by atoms with Crippen molar-refractivity contribution >= 4 is 11.9 Å². The Morgan fingerprint density at radius 3 is 2.25 bits per heavy atom. The second-order valence-corrected chi connectivity index (χ2v) is 5.27. The Hall–Kier alpha value is -3.13. The van der Waals surface area contributed by atoms with Gasteiger partial charge in [-0.05, 0) is 24.6 Å². The van der Waals surface area contributed by atoms with Gasteiger partial charge in [-0.1, -0.05) is 48.5 Å². The molecule has 5 heteroatoms. The summed E-state index contributed by atoms with van der Waals surface area (Å²) in [4.78, 5) is 24.4. The van der Waals surface area contributed by atoms with Gasteiger partial charge in [0.2, 0.25) is 0 Å². The molecular weight excluding hydrogens is 304 g/mol. The number of carbonyl (C=O) groups excluding carboxylic acids is 2. The highest BCUT2D eigenvalue weighted by atomic mass is 16.5. The van der Waals surface area contributed by atoms with Crippen LogP contribution in [0.15, 0.2) is 60.7 Å². The monoisotopic (exact) mass is 322 g/mol. The molecular formula is C19H18N2O3. The number of amides is 1. The molecule has 0 aliphatic heterocycles. The third-order valence-electron chi connectivity index (χ3n) is 3.40.